The zero-order chi connectivity index (χ0) is 26.0. The van der Waals surface area contributed by atoms with Crippen LogP contribution in [0.1, 0.15) is 24.0 Å². The van der Waals surface area contributed by atoms with E-state index in [0.717, 1.165) is 29.5 Å². The normalized spacial score (nSPS) is 17.1. The Hall–Kier alpha value is -3.47. The van der Waals surface area contributed by atoms with Gasteiger partial charge in [0, 0.05) is 24.5 Å². The van der Waals surface area contributed by atoms with Crippen molar-refractivity contribution in [2.45, 2.75) is 36.7 Å². The zero-order valence-electron chi connectivity index (χ0n) is 19.5. The number of para-hydroxylation sites is 1. The predicted octanol–water partition coefficient (Wildman–Crippen LogP) is 6.05. The fourth-order valence-electron chi connectivity index (χ4n) is 4.21. The van der Waals surface area contributed by atoms with Crippen LogP contribution in [-0.2, 0) is 28.9 Å². The number of furan rings is 1. The SMILES string of the molecule is O=C(NCc1ccc(Oc2cccc(C(F)(F)F)c2)cc1)[C@@H]1CCCN1[S+]([O-])c1cc2ccccc2o1. The molecule has 1 aliphatic heterocycles. The predicted molar refractivity (Wildman–Crippen MR) is 132 cm³/mol. The summed E-state index contributed by atoms with van der Waals surface area (Å²) in [7, 11) is 0. The lowest BCUT2D eigenvalue weighted by Gasteiger charge is -2.23. The van der Waals surface area contributed by atoms with E-state index in [4.69, 9.17) is 9.15 Å². The first-order chi connectivity index (χ1) is 17.8. The molecule has 0 spiro atoms. The molecule has 4 aromatic rings. The summed E-state index contributed by atoms with van der Waals surface area (Å²) in [6.07, 6.45) is -3.12. The molecule has 1 aliphatic rings. The molecule has 5 rings (SSSR count). The lowest BCUT2D eigenvalue weighted by atomic mass is 10.2. The number of hydrogen-bond acceptors (Lipinski definition) is 5. The first-order valence-electron chi connectivity index (χ1n) is 11.7. The Morgan fingerprint density at radius 3 is 2.59 bits per heavy atom. The van der Waals surface area contributed by atoms with Crippen LogP contribution >= 0.6 is 0 Å². The highest BCUT2D eigenvalue weighted by Gasteiger charge is 2.41. The van der Waals surface area contributed by atoms with E-state index >= 15 is 0 Å². The van der Waals surface area contributed by atoms with Gasteiger partial charge in [0.1, 0.15) is 34.5 Å². The number of nitrogens with one attached hydrogen (secondary N) is 1. The minimum atomic E-state index is -4.45. The van der Waals surface area contributed by atoms with Crippen LogP contribution in [0.25, 0.3) is 11.0 Å². The van der Waals surface area contributed by atoms with Crippen molar-refractivity contribution >= 4 is 28.2 Å². The van der Waals surface area contributed by atoms with Crippen LogP contribution in [0.2, 0.25) is 0 Å². The summed E-state index contributed by atoms with van der Waals surface area (Å²) in [5.74, 6) is 0.221. The van der Waals surface area contributed by atoms with Crippen LogP contribution < -0.4 is 10.1 Å². The number of hydrogen-bond donors (Lipinski definition) is 1. The monoisotopic (exact) mass is 528 g/mol. The van der Waals surface area contributed by atoms with Gasteiger partial charge >= 0.3 is 11.3 Å². The summed E-state index contributed by atoms with van der Waals surface area (Å²) in [6.45, 7) is 0.758. The molecule has 1 N–H and O–H groups in total. The van der Waals surface area contributed by atoms with Gasteiger partial charge in [0.2, 0.25) is 5.91 Å². The van der Waals surface area contributed by atoms with E-state index in [1.807, 2.05) is 18.2 Å². The Bertz CT molecular complexity index is 1360. The summed E-state index contributed by atoms with van der Waals surface area (Å²) in [5, 5.41) is 4.06. The molecule has 37 heavy (non-hydrogen) atoms. The van der Waals surface area contributed by atoms with Gasteiger partial charge in [-0.3, -0.25) is 4.79 Å². The molecular weight excluding hydrogens is 505 g/mol. The van der Waals surface area contributed by atoms with Crippen molar-refractivity contribution in [2.75, 3.05) is 6.54 Å². The minimum Gasteiger partial charge on any atom is -0.590 e. The van der Waals surface area contributed by atoms with Gasteiger partial charge in [-0.2, -0.15) is 13.2 Å². The first-order valence-corrected chi connectivity index (χ1v) is 12.8. The van der Waals surface area contributed by atoms with E-state index in [1.54, 1.807) is 40.7 Å². The average Bonchev–Trinajstić information content (AvgIpc) is 3.55. The van der Waals surface area contributed by atoms with Crippen molar-refractivity contribution in [1.29, 1.82) is 0 Å². The first kappa shape index (κ1) is 25.2. The van der Waals surface area contributed by atoms with E-state index in [1.165, 1.54) is 12.1 Å². The van der Waals surface area contributed by atoms with Crippen LogP contribution in [0.15, 0.2) is 88.4 Å². The molecule has 10 heteroatoms. The van der Waals surface area contributed by atoms with Crippen LogP contribution in [0.4, 0.5) is 13.2 Å². The van der Waals surface area contributed by atoms with E-state index in [9.17, 15) is 22.5 Å². The quantitative estimate of drug-likeness (QED) is 0.296. The third-order valence-corrected chi connectivity index (χ3v) is 7.49. The summed E-state index contributed by atoms with van der Waals surface area (Å²) in [5.41, 5.74) is 0.644. The number of rotatable bonds is 7. The second kappa shape index (κ2) is 10.5. The highest BCUT2D eigenvalue weighted by Crippen LogP contribution is 2.33. The fourth-order valence-corrected chi connectivity index (χ4v) is 5.56. The average molecular weight is 529 g/mol. The van der Waals surface area contributed by atoms with Crippen molar-refractivity contribution in [3.05, 3.63) is 90.0 Å². The molecule has 1 fully saturated rings. The van der Waals surface area contributed by atoms with Gasteiger partial charge in [-0.15, -0.1) is 4.31 Å². The Morgan fingerprint density at radius 2 is 1.84 bits per heavy atom. The molecule has 2 atom stereocenters. The fraction of sp³-hybridized carbons (Fsp3) is 0.222. The second-order valence-electron chi connectivity index (χ2n) is 8.64. The number of ether oxygens (including phenoxy) is 1. The van der Waals surface area contributed by atoms with E-state index in [-0.39, 0.29) is 18.2 Å². The molecule has 1 aromatic heterocycles. The maximum atomic E-state index is 13.2. The molecule has 0 radical (unpaired) electrons. The number of amides is 1. The van der Waals surface area contributed by atoms with Gasteiger partial charge in [-0.25, -0.2) is 0 Å². The number of carbonyl (C=O) groups is 1. The third kappa shape index (κ3) is 5.76. The summed E-state index contributed by atoms with van der Waals surface area (Å²) in [6, 6.07) is 20.0. The summed E-state index contributed by atoms with van der Waals surface area (Å²) < 4.78 is 64.8. The van der Waals surface area contributed by atoms with Gasteiger partial charge in [-0.05, 0) is 54.8 Å². The Labute approximate surface area is 214 Å². The van der Waals surface area contributed by atoms with E-state index in [2.05, 4.69) is 5.32 Å². The standard InChI is InChI=1S/C27H23F3N2O4S/c28-27(29,30)20-6-3-7-22(16-20)35-21-12-10-18(11-13-21)17-31-26(33)23-8-4-14-32(23)37(34)25-15-19-5-1-2-9-24(19)36-25/h1-3,5-7,9-13,15-16,23H,4,8,14,17H2,(H,31,33)/t23-,37?/m0/s1. The highest BCUT2D eigenvalue weighted by molar-refractivity contribution is 7.89. The van der Waals surface area contributed by atoms with E-state index in [0.29, 0.717) is 29.4 Å². The Kier molecular flexibility index (Phi) is 7.14. The maximum Gasteiger partial charge on any atom is 0.416 e. The molecule has 6 nitrogen and oxygen atoms in total. The van der Waals surface area contributed by atoms with Crippen LogP contribution in [-0.4, -0.2) is 27.4 Å². The molecule has 0 bridgehead atoms. The molecular formula is C27H23F3N2O4S. The Morgan fingerprint density at radius 1 is 1.05 bits per heavy atom. The number of alkyl halides is 3. The van der Waals surface area contributed by atoms with Gasteiger partial charge in [0.25, 0.3) is 0 Å². The summed E-state index contributed by atoms with van der Waals surface area (Å²) >= 11 is -1.60. The maximum absolute atomic E-state index is 13.2. The largest absolute Gasteiger partial charge is 0.590 e. The molecule has 1 unspecified atom stereocenters. The molecule has 0 saturated carbocycles. The number of halogens is 3. The number of nitrogens with zero attached hydrogens (tertiary/aromatic N) is 1. The van der Waals surface area contributed by atoms with E-state index < -0.39 is 29.1 Å². The van der Waals surface area contributed by atoms with Crippen molar-refractivity contribution in [2.24, 2.45) is 0 Å². The number of benzene rings is 3. The van der Waals surface area contributed by atoms with Crippen molar-refractivity contribution < 1.29 is 31.7 Å². The number of fused-ring (bicyclic) bond motifs is 1. The molecule has 192 valence electrons. The second-order valence-corrected chi connectivity index (χ2v) is 10.0. The van der Waals surface area contributed by atoms with Crippen LogP contribution in [0.5, 0.6) is 11.5 Å². The molecule has 3 aromatic carbocycles. The smallest absolute Gasteiger partial charge is 0.416 e. The van der Waals surface area contributed by atoms with Crippen molar-refractivity contribution in [3.8, 4) is 11.5 Å². The summed E-state index contributed by atoms with van der Waals surface area (Å²) in [4.78, 5) is 12.9. The minimum absolute atomic E-state index is 0.0784. The molecule has 1 saturated heterocycles. The molecule has 2 heterocycles. The van der Waals surface area contributed by atoms with Gasteiger partial charge in [-0.1, -0.05) is 36.4 Å². The number of carbonyl (C=O) groups excluding carboxylic acids is 1. The molecule has 0 aliphatic carbocycles. The highest BCUT2D eigenvalue weighted by atomic mass is 32.2. The zero-order valence-corrected chi connectivity index (χ0v) is 20.4. The van der Waals surface area contributed by atoms with Gasteiger partial charge in [0.05, 0.1) is 5.56 Å². The lowest BCUT2D eigenvalue weighted by Crippen LogP contribution is -2.45. The molecule has 1 amide bonds. The topological polar surface area (TPSA) is 77.8 Å². The van der Waals surface area contributed by atoms with Crippen LogP contribution in [0.3, 0.4) is 0 Å². The van der Waals surface area contributed by atoms with Gasteiger partial charge < -0.3 is 19.0 Å². The van der Waals surface area contributed by atoms with Crippen molar-refractivity contribution in [1.82, 2.24) is 9.62 Å². The van der Waals surface area contributed by atoms with Crippen LogP contribution in [0, 0.1) is 0 Å². The van der Waals surface area contributed by atoms with Crippen molar-refractivity contribution in [3.63, 3.8) is 0 Å². The lowest BCUT2D eigenvalue weighted by molar-refractivity contribution is -0.137. The van der Waals surface area contributed by atoms with Gasteiger partial charge in [0.15, 0.2) is 0 Å². The third-order valence-electron chi connectivity index (χ3n) is 6.08. The Balaban J connectivity index is 1.18.